The highest BCUT2D eigenvalue weighted by Gasteiger charge is 2.36. The molecule has 1 fully saturated rings. The molecule has 94 valence electrons. The third kappa shape index (κ3) is 2.61. The third-order valence-electron chi connectivity index (χ3n) is 3.10. The van der Waals surface area contributed by atoms with E-state index in [1.165, 1.54) is 12.1 Å². The SMILES string of the molecule is OCC1CCC(c2ccccc2C(F)(F)F)N1. The molecular formula is C12H14F3NO. The third-order valence-corrected chi connectivity index (χ3v) is 3.10. The zero-order chi connectivity index (χ0) is 12.5. The summed E-state index contributed by atoms with van der Waals surface area (Å²) in [7, 11) is 0. The number of aliphatic hydroxyl groups excluding tert-OH is 1. The summed E-state index contributed by atoms with van der Waals surface area (Å²) in [4.78, 5) is 0. The van der Waals surface area contributed by atoms with Crippen molar-refractivity contribution in [2.45, 2.75) is 31.1 Å². The second-order valence-corrected chi connectivity index (χ2v) is 4.26. The van der Waals surface area contributed by atoms with Crippen LogP contribution in [0.1, 0.15) is 30.0 Å². The maximum atomic E-state index is 12.8. The van der Waals surface area contributed by atoms with Crippen LogP contribution in [0.15, 0.2) is 24.3 Å². The van der Waals surface area contributed by atoms with Crippen LogP contribution >= 0.6 is 0 Å². The van der Waals surface area contributed by atoms with Crippen LogP contribution < -0.4 is 5.32 Å². The molecule has 0 amide bonds. The Bertz CT molecular complexity index is 392. The van der Waals surface area contributed by atoms with Crippen LogP contribution in [0.3, 0.4) is 0 Å². The Labute approximate surface area is 97.5 Å². The molecule has 0 bridgehead atoms. The second-order valence-electron chi connectivity index (χ2n) is 4.26. The van der Waals surface area contributed by atoms with Crippen LogP contribution in [-0.2, 0) is 6.18 Å². The summed E-state index contributed by atoms with van der Waals surface area (Å²) in [5.74, 6) is 0. The lowest BCUT2D eigenvalue weighted by molar-refractivity contribution is -0.138. The van der Waals surface area contributed by atoms with Gasteiger partial charge in [0.05, 0.1) is 12.2 Å². The largest absolute Gasteiger partial charge is 0.416 e. The lowest BCUT2D eigenvalue weighted by Gasteiger charge is -2.18. The number of nitrogens with one attached hydrogen (secondary N) is 1. The Morgan fingerprint density at radius 2 is 1.94 bits per heavy atom. The smallest absolute Gasteiger partial charge is 0.395 e. The Morgan fingerprint density at radius 3 is 2.53 bits per heavy atom. The molecule has 1 aliphatic rings. The minimum Gasteiger partial charge on any atom is -0.395 e. The van der Waals surface area contributed by atoms with E-state index in [4.69, 9.17) is 5.11 Å². The first-order valence-electron chi connectivity index (χ1n) is 5.55. The number of alkyl halides is 3. The fourth-order valence-electron chi connectivity index (χ4n) is 2.27. The van der Waals surface area contributed by atoms with Crippen LogP contribution in [0.2, 0.25) is 0 Å². The average Bonchev–Trinajstić information content (AvgIpc) is 2.76. The van der Waals surface area contributed by atoms with Gasteiger partial charge in [0.15, 0.2) is 0 Å². The summed E-state index contributed by atoms with van der Waals surface area (Å²) < 4.78 is 38.4. The van der Waals surface area contributed by atoms with Gasteiger partial charge in [0.25, 0.3) is 0 Å². The van der Waals surface area contributed by atoms with Gasteiger partial charge in [0.1, 0.15) is 0 Å². The lowest BCUT2D eigenvalue weighted by atomic mass is 9.99. The Hall–Kier alpha value is -1.07. The molecule has 2 nitrogen and oxygen atoms in total. The molecule has 2 rings (SSSR count). The highest BCUT2D eigenvalue weighted by molar-refractivity contribution is 5.33. The number of hydrogen-bond acceptors (Lipinski definition) is 2. The van der Waals surface area contributed by atoms with E-state index in [2.05, 4.69) is 5.32 Å². The number of rotatable bonds is 2. The van der Waals surface area contributed by atoms with Crippen LogP contribution in [-0.4, -0.2) is 17.8 Å². The van der Waals surface area contributed by atoms with Crippen LogP contribution in [0.25, 0.3) is 0 Å². The van der Waals surface area contributed by atoms with Gasteiger partial charge in [-0.25, -0.2) is 0 Å². The van der Waals surface area contributed by atoms with Gasteiger partial charge >= 0.3 is 6.18 Å². The molecule has 2 N–H and O–H groups in total. The van der Waals surface area contributed by atoms with Gasteiger partial charge in [-0.05, 0) is 24.5 Å². The van der Waals surface area contributed by atoms with Crippen molar-refractivity contribution in [3.05, 3.63) is 35.4 Å². The number of aliphatic hydroxyl groups is 1. The van der Waals surface area contributed by atoms with Gasteiger partial charge < -0.3 is 10.4 Å². The highest BCUT2D eigenvalue weighted by Crippen LogP contribution is 2.37. The van der Waals surface area contributed by atoms with E-state index in [9.17, 15) is 13.2 Å². The molecule has 0 aliphatic carbocycles. The van der Waals surface area contributed by atoms with Crippen LogP contribution in [0.4, 0.5) is 13.2 Å². The minimum absolute atomic E-state index is 0.0370. The molecule has 1 saturated heterocycles. The zero-order valence-electron chi connectivity index (χ0n) is 9.17. The lowest BCUT2D eigenvalue weighted by Crippen LogP contribution is -2.28. The molecule has 5 heteroatoms. The van der Waals surface area contributed by atoms with E-state index in [0.29, 0.717) is 12.8 Å². The molecule has 1 aromatic rings. The van der Waals surface area contributed by atoms with Crippen molar-refractivity contribution in [3.63, 3.8) is 0 Å². The van der Waals surface area contributed by atoms with E-state index in [1.807, 2.05) is 0 Å². The van der Waals surface area contributed by atoms with E-state index < -0.39 is 11.7 Å². The first-order chi connectivity index (χ1) is 8.02. The van der Waals surface area contributed by atoms with Gasteiger partial charge in [0.2, 0.25) is 0 Å². The quantitative estimate of drug-likeness (QED) is 0.839. The number of hydrogen-bond donors (Lipinski definition) is 2. The van der Waals surface area contributed by atoms with Crippen LogP contribution in [0.5, 0.6) is 0 Å². The van der Waals surface area contributed by atoms with Crippen LogP contribution in [0, 0.1) is 0 Å². The Morgan fingerprint density at radius 1 is 1.24 bits per heavy atom. The second kappa shape index (κ2) is 4.66. The molecule has 1 aliphatic heterocycles. The van der Waals surface area contributed by atoms with Crippen molar-refractivity contribution < 1.29 is 18.3 Å². The monoisotopic (exact) mass is 245 g/mol. The maximum absolute atomic E-state index is 12.8. The molecule has 2 atom stereocenters. The first-order valence-corrected chi connectivity index (χ1v) is 5.55. The van der Waals surface area contributed by atoms with Gasteiger partial charge in [-0.15, -0.1) is 0 Å². The summed E-state index contributed by atoms with van der Waals surface area (Å²) in [6.07, 6.45) is -3.00. The van der Waals surface area contributed by atoms with E-state index in [0.717, 1.165) is 6.07 Å². The van der Waals surface area contributed by atoms with Crippen molar-refractivity contribution in [1.82, 2.24) is 5.32 Å². The predicted octanol–water partition coefficient (Wildman–Crippen LogP) is 2.49. The summed E-state index contributed by atoms with van der Waals surface area (Å²) in [5.41, 5.74) is -0.313. The zero-order valence-corrected chi connectivity index (χ0v) is 9.17. The van der Waals surface area contributed by atoms with Crippen molar-refractivity contribution in [2.24, 2.45) is 0 Å². The van der Waals surface area contributed by atoms with E-state index in [1.54, 1.807) is 6.07 Å². The normalized spacial score (nSPS) is 25.2. The summed E-state index contributed by atoms with van der Waals surface area (Å²) in [5, 5.41) is 12.0. The molecule has 17 heavy (non-hydrogen) atoms. The standard InChI is InChI=1S/C12H14F3NO/c13-12(14,15)10-4-2-1-3-9(10)11-6-5-8(7-17)16-11/h1-4,8,11,16-17H,5-7H2. The van der Waals surface area contributed by atoms with Gasteiger partial charge in [-0.3, -0.25) is 0 Å². The fraction of sp³-hybridized carbons (Fsp3) is 0.500. The highest BCUT2D eigenvalue weighted by atomic mass is 19.4. The average molecular weight is 245 g/mol. The summed E-state index contributed by atoms with van der Waals surface area (Å²) >= 11 is 0. The molecule has 0 aromatic heterocycles. The summed E-state index contributed by atoms with van der Waals surface area (Å²) in [6.45, 7) is -0.0370. The minimum atomic E-state index is -4.32. The van der Waals surface area contributed by atoms with E-state index >= 15 is 0 Å². The summed E-state index contributed by atoms with van der Waals surface area (Å²) in [6, 6.07) is 5.19. The first kappa shape index (κ1) is 12.4. The van der Waals surface area contributed by atoms with Crippen molar-refractivity contribution in [3.8, 4) is 0 Å². The number of benzene rings is 1. The fourth-order valence-corrected chi connectivity index (χ4v) is 2.27. The molecule has 1 aromatic carbocycles. The molecule has 1 heterocycles. The maximum Gasteiger partial charge on any atom is 0.416 e. The Kier molecular flexibility index (Phi) is 3.40. The van der Waals surface area contributed by atoms with Crippen molar-refractivity contribution >= 4 is 0 Å². The van der Waals surface area contributed by atoms with E-state index in [-0.39, 0.29) is 24.3 Å². The molecular weight excluding hydrogens is 231 g/mol. The molecule has 2 unspecified atom stereocenters. The Balaban J connectivity index is 2.27. The van der Waals surface area contributed by atoms with Crippen molar-refractivity contribution in [1.29, 1.82) is 0 Å². The van der Waals surface area contributed by atoms with Gasteiger partial charge in [-0.2, -0.15) is 13.2 Å². The van der Waals surface area contributed by atoms with Crippen molar-refractivity contribution in [2.75, 3.05) is 6.61 Å². The molecule has 0 spiro atoms. The van der Waals surface area contributed by atoms with Gasteiger partial charge in [-0.1, -0.05) is 18.2 Å². The topological polar surface area (TPSA) is 32.3 Å². The predicted molar refractivity (Wildman–Crippen MR) is 57.4 cm³/mol. The van der Waals surface area contributed by atoms with Gasteiger partial charge in [0, 0.05) is 12.1 Å². The molecule has 0 radical (unpaired) electrons. The molecule has 0 saturated carbocycles. The number of halogens is 3.